The summed E-state index contributed by atoms with van der Waals surface area (Å²) in [6.45, 7) is 3.16. The van der Waals surface area contributed by atoms with Gasteiger partial charge in [0.15, 0.2) is 5.15 Å². The van der Waals surface area contributed by atoms with E-state index in [0.717, 1.165) is 25.5 Å². The second kappa shape index (κ2) is 4.57. The second-order valence-electron chi connectivity index (χ2n) is 3.48. The topological polar surface area (TPSA) is 49.8 Å². The largest absolute Gasteiger partial charge is 0.368 e. The van der Waals surface area contributed by atoms with Crippen molar-refractivity contribution in [2.45, 2.75) is 6.42 Å². The third-order valence-electron chi connectivity index (χ3n) is 2.37. The first kappa shape index (κ1) is 9.68. The first-order valence-electron chi connectivity index (χ1n) is 4.78. The first-order chi connectivity index (χ1) is 6.84. The Morgan fingerprint density at radius 2 is 2.43 bits per heavy atom. The maximum atomic E-state index is 5.63. The molecule has 0 aliphatic carbocycles. The summed E-state index contributed by atoms with van der Waals surface area (Å²) in [5.41, 5.74) is 0. The summed E-state index contributed by atoms with van der Waals surface area (Å²) < 4.78 is 0. The number of nitrogens with one attached hydrogen (secondary N) is 2. The van der Waals surface area contributed by atoms with Crippen LogP contribution in [0.3, 0.4) is 0 Å². The lowest BCUT2D eigenvalue weighted by Crippen LogP contribution is -2.17. The number of nitrogens with zero attached hydrogens (tertiary/aromatic N) is 2. The van der Waals surface area contributed by atoms with Crippen molar-refractivity contribution in [1.82, 2.24) is 15.5 Å². The fourth-order valence-corrected chi connectivity index (χ4v) is 1.65. The molecule has 0 bridgehead atoms. The van der Waals surface area contributed by atoms with Gasteiger partial charge in [-0.3, -0.25) is 0 Å². The standard InChI is InChI=1S/C9H13ClN4/c10-8-1-2-9(14-13-8)12-6-7-3-4-11-5-7/h1-2,7,11H,3-6H2,(H,12,14)/t7-/m0/s1. The van der Waals surface area contributed by atoms with Gasteiger partial charge in [0.25, 0.3) is 0 Å². The molecule has 1 saturated heterocycles. The van der Waals surface area contributed by atoms with Crippen molar-refractivity contribution in [3.05, 3.63) is 17.3 Å². The highest BCUT2D eigenvalue weighted by atomic mass is 35.5. The molecule has 0 spiro atoms. The maximum Gasteiger partial charge on any atom is 0.151 e. The van der Waals surface area contributed by atoms with Crippen LogP contribution < -0.4 is 10.6 Å². The Labute approximate surface area is 88.1 Å². The molecule has 2 heterocycles. The zero-order valence-corrected chi connectivity index (χ0v) is 8.59. The third-order valence-corrected chi connectivity index (χ3v) is 2.57. The van der Waals surface area contributed by atoms with E-state index in [4.69, 9.17) is 11.6 Å². The molecule has 0 amide bonds. The highest BCUT2D eigenvalue weighted by Crippen LogP contribution is 2.10. The van der Waals surface area contributed by atoms with Gasteiger partial charge < -0.3 is 10.6 Å². The summed E-state index contributed by atoms with van der Waals surface area (Å²) in [6, 6.07) is 3.58. The molecule has 0 radical (unpaired) electrons. The van der Waals surface area contributed by atoms with Crippen LogP contribution in [0, 0.1) is 5.92 Å². The Hall–Kier alpha value is -0.870. The minimum Gasteiger partial charge on any atom is -0.368 e. The van der Waals surface area contributed by atoms with Gasteiger partial charge in [0.2, 0.25) is 0 Å². The summed E-state index contributed by atoms with van der Waals surface area (Å²) in [5.74, 6) is 1.49. The second-order valence-corrected chi connectivity index (χ2v) is 3.87. The molecule has 2 N–H and O–H groups in total. The molecule has 0 unspecified atom stereocenters. The number of rotatable bonds is 3. The van der Waals surface area contributed by atoms with Crippen molar-refractivity contribution < 1.29 is 0 Å². The highest BCUT2D eigenvalue weighted by molar-refractivity contribution is 6.29. The molecule has 1 aliphatic rings. The van der Waals surface area contributed by atoms with Gasteiger partial charge in [-0.1, -0.05) is 11.6 Å². The smallest absolute Gasteiger partial charge is 0.151 e. The lowest BCUT2D eigenvalue weighted by molar-refractivity contribution is 0.613. The third kappa shape index (κ3) is 2.56. The van der Waals surface area contributed by atoms with E-state index in [9.17, 15) is 0 Å². The van der Waals surface area contributed by atoms with E-state index in [1.165, 1.54) is 6.42 Å². The SMILES string of the molecule is Clc1ccc(NC[C@H]2CCNC2)nn1. The molecule has 1 fully saturated rings. The highest BCUT2D eigenvalue weighted by Gasteiger charge is 2.13. The van der Waals surface area contributed by atoms with Crippen LogP contribution >= 0.6 is 11.6 Å². The van der Waals surface area contributed by atoms with E-state index >= 15 is 0 Å². The van der Waals surface area contributed by atoms with Gasteiger partial charge in [-0.15, -0.1) is 10.2 Å². The average molecular weight is 213 g/mol. The number of halogens is 1. The predicted octanol–water partition coefficient (Wildman–Crippen LogP) is 1.15. The number of aromatic nitrogens is 2. The van der Waals surface area contributed by atoms with Gasteiger partial charge in [0, 0.05) is 6.54 Å². The molecule has 1 aromatic heterocycles. The molecular weight excluding hydrogens is 200 g/mol. The Bertz CT molecular complexity index is 281. The van der Waals surface area contributed by atoms with Crippen molar-refractivity contribution >= 4 is 17.4 Å². The first-order valence-corrected chi connectivity index (χ1v) is 5.16. The number of anilines is 1. The number of hydrogen-bond donors (Lipinski definition) is 2. The van der Waals surface area contributed by atoms with E-state index in [1.807, 2.05) is 6.07 Å². The van der Waals surface area contributed by atoms with Gasteiger partial charge in [0.05, 0.1) is 0 Å². The van der Waals surface area contributed by atoms with Crippen LogP contribution in [0.5, 0.6) is 0 Å². The van der Waals surface area contributed by atoms with Crippen molar-refractivity contribution in [1.29, 1.82) is 0 Å². The predicted molar refractivity (Wildman–Crippen MR) is 56.5 cm³/mol. The Morgan fingerprint density at radius 3 is 3.07 bits per heavy atom. The van der Waals surface area contributed by atoms with Crippen molar-refractivity contribution in [3.8, 4) is 0 Å². The van der Waals surface area contributed by atoms with Crippen LogP contribution in [0.2, 0.25) is 5.15 Å². The van der Waals surface area contributed by atoms with E-state index in [-0.39, 0.29) is 0 Å². The molecule has 76 valence electrons. The Balaban J connectivity index is 1.82. The van der Waals surface area contributed by atoms with Gasteiger partial charge in [-0.2, -0.15) is 0 Å². The molecule has 4 nitrogen and oxygen atoms in total. The molecule has 0 aromatic carbocycles. The molecule has 2 rings (SSSR count). The van der Waals surface area contributed by atoms with Crippen molar-refractivity contribution in [2.24, 2.45) is 5.92 Å². The summed E-state index contributed by atoms with van der Waals surface area (Å²) in [7, 11) is 0. The molecule has 5 heteroatoms. The van der Waals surface area contributed by atoms with E-state index in [1.54, 1.807) is 6.07 Å². The van der Waals surface area contributed by atoms with Crippen LogP contribution in [0.25, 0.3) is 0 Å². The van der Waals surface area contributed by atoms with E-state index < -0.39 is 0 Å². The van der Waals surface area contributed by atoms with Gasteiger partial charge in [0.1, 0.15) is 5.82 Å². The zero-order valence-electron chi connectivity index (χ0n) is 7.83. The summed E-state index contributed by atoms with van der Waals surface area (Å²) in [6.07, 6.45) is 1.23. The van der Waals surface area contributed by atoms with Crippen molar-refractivity contribution in [2.75, 3.05) is 25.0 Å². The van der Waals surface area contributed by atoms with E-state index in [0.29, 0.717) is 11.1 Å². The summed E-state index contributed by atoms with van der Waals surface area (Å²) >= 11 is 5.63. The van der Waals surface area contributed by atoms with Crippen LogP contribution in [0.15, 0.2) is 12.1 Å². The molecule has 1 atom stereocenters. The summed E-state index contributed by atoms with van der Waals surface area (Å²) in [5, 5.41) is 14.7. The number of hydrogen-bond acceptors (Lipinski definition) is 4. The quantitative estimate of drug-likeness (QED) is 0.790. The normalized spacial score (nSPS) is 21.1. The molecule has 14 heavy (non-hydrogen) atoms. The summed E-state index contributed by atoms with van der Waals surface area (Å²) in [4.78, 5) is 0. The minimum absolute atomic E-state index is 0.429. The van der Waals surface area contributed by atoms with Crippen LogP contribution in [-0.4, -0.2) is 29.8 Å². The van der Waals surface area contributed by atoms with Crippen LogP contribution in [-0.2, 0) is 0 Å². The molecular formula is C9H13ClN4. The van der Waals surface area contributed by atoms with Gasteiger partial charge >= 0.3 is 0 Å². The Morgan fingerprint density at radius 1 is 1.50 bits per heavy atom. The van der Waals surface area contributed by atoms with E-state index in [2.05, 4.69) is 20.8 Å². The monoisotopic (exact) mass is 212 g/mol. The van der Waals surface area contributed by atoms with Crippen LogP contribution in [0.1, 0.15) is 6.42 Å². The lowest BCUT2D eigenvalue weighted by atomic mass is 10.1. The fraction of sp³-hybridized carbons (Fsp3) is 0.556. The Kier molecular flexibility index (Phi) is 3.16. The van der Waals surface area contributed by atoms with Crippen molar-refractivity contribution in [3.63, 3.8) is 0 Å². The maximum absolute atomic E-state index is 5.63. The molecule has 1 aromatic rings. The fourth-order valence-electron chi connectivity index (χ4n) is 1.55. The van der Waals surface area contributed by atoms with Gasteiger partial charge in [-0.25, -0.2) is 0 Å². The average Bonchev–Trinajstić information content (AvgIpc) is 2.70. The van der Waals surface area contributed by atoms with Gasteiger partial charge in [-0.05, 0) is 37.6 Å². The lowest BCUT2D eigenvalue weighted by Gasteiger charge is -2.09. The molecule has 1 aliphatic heterocycles. The minimum atomic E-state index is 0.429. The van der Waals surface area contributed by atoms with Crippen LogP contribution in [0.4, 0.5) is 5.82 Å². The molecule has 0 saturated carbocycles. The zero-order chi connectivity index (χ0) is 9.80.